The third-order valence-corrected chi connectivity index (χ3v) is 3.91. The van der Waals surface area contributed by atoms with Crippen LogP contribution in [-0.4, -0.2) is 19.9 Å². The molecule has 0 bridgehead atoms. The number of rotatable bonds is 3. The number of fused-ring (bicyclic) bond motifs is 2. The second-order valence-corrected chi connectivity index (χ2v) is 6.31. The average Bonchev–Trinajstić information content (AvgIpc) is 3.03. The Morgan fingerprint density at radius 3 is 2.92 bits per heavy atom. The van der Waals surface area contributed by atoms with E-state index < -0.39 is 4.92 Å². The number of nitro groups is 1. The molecule has 3 heterocycles. The first kappa shape index (κ1) is 14.5. The lowest BCUT2D eigenvalue weighted by atomic mass is 10.0. The van der Waals surface area contributed by atoms with E-state index in [0.717, 1.165) is 12.0 Å². The maximum atomic E-state index is 11.5. The van der Waals surface area contributed by atoms with E-state index in [-0.39, 0.29) is 17.3 Å². The lowest BCUT2D eigenvalue weighted by Crippen LogP contribution is -2.24. The fourth-order valence-electron chi connectivity index (χ4n) is 2.97. The molecule has 0 saturated heterocycles. The summed E-state index contributed by atoms with van der Waals surface area (Å²) in [6.07, 6.45) is 2.34. The number of imidazole rings is 1. The highest BCUT2D eigenvalue weighted by molar-refractivity contribution is 5.56. The summed E-state index contributed by atoms with van der Waals surface area (Å²) in [5.74, 6) is 0.798. The third-order valence-electron chi connectivity index (χ3n) is 3.91. The van der Waals surface area contributed by atoms with Crippen LogP contribution in [0.3, 0.4) is 0 Å². The lowest BCUT2D eigenvalue weighted by Gasteiger charge is -2.17. The second kappa shape index (κ2) is 4.95. The van der Waals surface area contributed by atoms with Gasteiger partial charge in [0.15, 0.2) is 11.5 Å². The Bertz CT molecular complexity index is 962. The lowest BCUT2D eigenvalue weighted by molar-refractivity contribution is -0.391. The number of benzene rings is 1. The van der Waals surface area contributed by atoms with Crippen LogP contribution in [0.15, 0.2) is 42.6 Å². The van der Waals surface area contributed by atoms with Gasteiger partial charge >= 0.3 is 11.7 Å². The number of pyridine rings is 1. The molecule has 1 aliphatic heterocycles. The minimum atomic E-state index is -0.497. The third kappa shape index (κ3) is 2.25. The van der Waals surface area contributed by atoms with E-state index in [2.05, 4.69) is 4.98 Å². The number of nitrogens with zero attached hydrogens (tertiary/aromatic N) is 3. The molecular formula is C17H15N3O4. The molecule has 0 radical (unpaired) electrons. The number of hydrogen-bond acceptors (Lipinski definition) is 5. The summed E-state index contributed by atoms with van der Waals surface area (Å²) in [6.45, 7) is 3.98. The van der Waals surface area contributed by atoms with Crippen molar-refractivity contribution in [2.75, 3.05) is 0 Å². The van der Waals surface area contributed by atoms with Crippen LogP contribution in [0.5, 0.6) is 17.4 Å². The standard InChI is InChI=1S/C17H15N3O4/c1-17(2)10-11-6-5-7-12(14(11)24-17)23-15-16(20(21)22)19-9-4-3-8-13(19)18-15/h3-9H,10H2,1-2H3. The van der Waals surface area contributed by atoms with Crippen molar-refractivity contribution in [1.29, 1.82) is 0 Å². The average molecular weight is 325 g/mol. The predicted molar refractivity (Wildman–Crippen MR) is 86.8 cm³/mol. The summed E-state index contributed by atoms with van der Waals surface area (Å²) in [5.41, 5.74) is 1.14. The molecule has 24 heavy (non-hydrogen) atoms. The quantitative estimate of drug-likeness (QED) is 0.541. The fourth-order valence-corrected chi connectivity index (χ4v) is 2.97. The highest BCUT2D eigenvalue weighted by Crippen LogP contribution is 2.44. The SMILES string of the molecule is CC1(C)Cc2cccc(Oc3nc4ccccn4c3[N+](=O)[O-])c2O1. The van der Waals surface area contributed by atoms with Gasteiger partial charge in [0.25, 0.3) is 0 Å². The Balaban J connectivity index is 1.81. The van der Waals surface area contributed by atoms with Gasteiger partial charge in [0.05, 0.1) is 6.20 Å². The minimum absolute atomic E-state index is 0.0482. The van der Waals surface area contributed by atoms with E-state index in [4.69, 9.17) is 9.47 Å². The molecule has 1 aromatic carbocycles. The summed E-state index contributed by atoms with van der Waals surface area (Å²) in [6, 6.07) is 10.7. The largest absolute Gasteiger partial charge is 0.483 e. The summed E-state index contributed by atoms with van der Waals surface area (Å²) in [7, 11) is 0. The second-order valence-electron chi connectivity index (χ2n) is 6.31. The normalized spacial score (nSPS) is 15.1. The summed E-state index contributed by atoms with van der Waals surface area (Å²) in [5, 5.41) is 11.5. The molecule has 0 saturated carbocycles. The Kier molecular flexibility index (Phi) is 2.99. The number of hydrogen-bond donors (Lipinski definition) is 0. The number of para-hydroxylation sites is 1. The molecule has 1 aliphatic rings. The van der Waals surface area contributed by atoms with Gasteiger partial charge in [-0.3, -0.25) is 0 Å². The van der Waals surface area contributed by atoms with Crippen molar-refractivity contribution in [2.24, 2.45) is 0 Å². The number of aromatic nitrogens is 2. The zero-order valence-electron chi connectivity index (χ0n) is 13.2. The molecule has 0 N–H and O–H groups in total. The maximum Gasteiger partial charge on any atom is 0.392 e. The van der Waals surface area contributed by atoms with Crippen LogP contribution in [0, 0.1) is 10.1 Å². The zero-order chi connectivity index (χ0) is 16.9. The Labute approximate surface area is 137 Å². The molecule has 0 unspecified atom stereocenters. The van der Waals surface area contributed by atoms with Gasteiger partial charge in [-0.05, 0) is 30.9 Å². The Morgan fingerprint density at radius 2 is 2.12 bits per heavy atom. The highest BCUT2D eigenvalue weighted by atomic mass is 16.6. The molecule has 0 aliphatic carbocycles. The Hall–Kier alpha value is -3.09. The zero-order valence-corrected chi connectivity index (χ0v) is 13.2. The van der Waals surface area contributed by atoms with E-state index in [1.807, 2.05) is 26.0 Å². The van der Waals surface area contributed by atoms with E-state index in [1.165, 1.54) is 4.40 Å². The summed E-state index contributed by atoms with van der Waals surface area (Å²) < 4.78 is 13.1. The molecular weight excluding hydrogens is 310 g/mol. The van der Waals surface area contributed by atoms with Crippen LogP contribution in [0.4, 0.5) is 5.82 Å². The first-order valence-electron chi connectivity index (χ1n) is 7.55. The van der Waals surface area contributed by atoms with E-state index in [9.17, 15) is 10.1 Å². The first-order chi connectivity index (χ1) is 11.4. The molecule has 122 valence electrons. The first-order valence-corrected chi connectivity index (χ1v) is 7.55. The van der Waals surface area contributed by atoms with Crippen LogP contribution >= 0.6 is 0 Å². The van der Waals surface area contributed by atoms with Gasteiger partial charge < -0.3 is 19.6 Å². The van der Waals surface area contributed by atoms with Crippen molar-refractivity contribution in [2.45, 2.75) is 25.9 Å². The van der Waals surface area contributed by atoms with Crippen LogP contribution in [0.25, 0.3) is 5.65 Å². The molecule has 0 fully saturated rings. The Morgan fingerprint density at radius 1 is 1.29 bits per heavy atom. The van der Waals surface area contributed by atoms with E-state index in [1.54, 1.807) is 30.5 Å². The van der Waals surface area contributed by atoms with Crippen molar-refractivity contribution in [3.63, 3.8) is 0 Å². The smallest absolute Gasteiger partial charge is 0.392 e. The van der Waals surface area contributed by atoms with Gasteiger partial charge in [-0.2, -0.15) is 9.38 Å². The molecule has 2 aromatic heterocycles. The van der Waals surface area contributed by atoms with Crippen LogP contribution < -0.4 is 9.47 Å². The van der Waals surface area contributed by atoms with Gasteiger partial charge in [0.2, 0.25) is 5.65 Å². The summed E-state index contributed by atoms with van der Waals surface area (Å²) in [4.78, 5) is 15.2. The van der Waals surface area contributed by atoms with Crippen LogP contribution in [0.2, 0.25) is 0 Å². The van der Waals surface area contributed by atoms with Crippen molar-refractivity contribution < 1.29 is 14.4 Å². The fraction of sp³-hybridized carbons (Fsp3) is 0.235. The van der Waals surface area contributed by atoms with Crippen molar-refractivity contribution in [3.8, 4) is 17.4 Å². The van der Waals surface area contributed by atoms with Gasteiger partial charge in [-0.25, -0.2) is 0 Å². The van der Waals surface area contributed by atoms with Crippen molar-refractivity contribution in [1.82, 2.24) is 9.38 Å². The molecule has 3 aromatic rings. The van der Waals surface area contributed by atoms with Gasteiger partial charge in [0, 0.05) is 18.1 Å². The van der Waals surface area contributed by atoms with Gasteiger partial charge in [0.1, 0.15) is 5.60 Å². The topological polar surface area (TPSA) is 78.9 Å². The van der Waals surface area contributed by atoms with Crippen LogP contribution in [-0.2, 0) is 6.42 Å². The van der Waals surface area contributed by atoms with E-state index in [0.29, 0.717) is 17.1 Å². The van der Waals surface area contributed by atoms with Crippen molar-refractivity contribution in [3.05, 3.63) is 58.3 Å². The molecule has 0 amide bonds. The molecule has 4 rings (SSSR count). The van der Waals surface area contributed by atoms with E-state index >= 15 is 0 Å². The maximum absolute atomic E-state index is 11.5. The van der Waals surface area contributed by atoms with Gasteiger partial charge in [-0.15, -0.1) is 0 Å². The molecule has 0 atom stereocenters. The van der Waals surface area contributed by atoms with Gasteiger partial charge in [-0.1, -0.05) is 18.2 Å². The molecule has 7 heteroatoms. The number of ether oxygens (including phenoxy) is 2. The molecule has 7 nitrogen and oxygen atoms in total. The highest BCUT2D eigenvalue weighted by Gasteiger charge is 2.33. The molecule has 0 spiro atoms. The van der Waals surface area contributed by atoms with Crippen molar-refractivity contribution >= 4 is 11.5 Å². The predicted octanol–water partition coefficient (Wildman–Crippen LogP) is 3.75. The van der Waals surface area contributed by atoms with Crippen LogP contribution in [0.1, 0.15) is 19.4 Å². The summed E-state index contributed by atoms with van der Waals surface area (Å²) >= 11 is 0. The minimum Gasteiger partial charge on any atom is -0.483 e. The monoisotopic (exact) mass is 325 g/mol.